The van der Waals surface area contributed by atoms with Crippen molar-refractivity contribution in [1.82, 2.24) is 0 Å². The summed E-state index contributed by atoms with van der Waals surface area (Å²) < 4.78 is 5.37. The van der Waals surface area contributed by atoms with E-state index in [1.54, 1.807) is 6.07 Å². The van der Waals surface area contributed by atoms with Gasteiger partial charge >= 0.3 is 0 Å². The zero-order valence-corrected chi connectivity index (χ0v) is 10.0. The van der Waals surface area contributed by atoms with Gasteiger partial charge in [0.15, 0.2) is 0 Å². The molecule has 1 heterocycles. The molecule has 0 bridgehead atoms. The van der Waals surface area contributed by atoms with Crippen LogP contribution in [0.3, 0.4) is 0 Å². The van der Waals surface area contributed by atoms with Crippen molar-refractivity contribution in [2.24, 2.45) is 0 Å². The minimum absolute atomic E-state index is 0.00821. The Hall–Kier alpha value is -1.66. The van der Waals surface area contributed by atoms with Crippen LogP contribution < -0.4 is 4.90 Å². The Balaban J connectivity index is 2.28. The van der Waals surface area contributed by atoms with E-state index in [9.17, 15) is 15.2 Å². The molecule has 1 aromatic carbocycles. The number of aliphatic hydroxyl groups excluding tert-OH is 1. The van der Waals surface area contributed by atoms with Gasteiger partial charge in [-0.25, -0.2) is 0 Å². The molecule has 1 N–H and O–H groups in total. The van der Waals surface area contributed by atoms with Crippen molar-refractivity contribution in [2.75, 3.05) is 31.2 Å². The van der Waals surface area contributed by atoms with Gasteiger partial charge < -0.3 is 14.7 Å². The van der Waals surface area contributed by atoms with Crippen LogP contribution in [0.15, 0.2) is 18.2 Å². The fourth-order valence-corrected chi connectivity index (χ4v) is 2.11. The largest absolute Gasteiger partial charge is 0.392 e. The van der Waals surface area contributed by atoms with E-state index in [4.69, 9.17) is 4.74 Å². The minimum Gasteiger partial charge on any atom is -0.392 e. The van der Waals surface area contributed by atoms with E-state index < -0.39 is 4.92 Å². The second-order valence-corrected chi connectivity index (χ2v) is 4.18. The van der Waals surface area contributed by atoms with Gasteiger partial charge in [0, 0.05) is 43.1 Å². The maximum Gasteiger partial charge on any atom is 0.269 e. The predicted molar refractivity (Wildman–Crippen MR) is 66.7 cm³/mol. The lowest BCUT2D eigenvalue weighted by Gasteiger charge is -2.24. The van der Waals surface area contributed by atoms with Gasteiger partial charge in [-0.1, -0.05) is 0 Å². The molecule has 0 saturated carbocycles. The lowest BCUT2D eigenvalue weighted by atomic mass is 10.1. The molecule has 0 aromatic heterocycles. The van der Waals surface area contributed by atoms with Crippen LogP contribution in [0.2, 0.25) is 0 Å². The topological polar surface area (TPSA) is 75.8 Å². The molecule has 0 amide bonds. The maximum atomic E-state index is 10.7. The average Bonchev–Trinajstić information content (AvgIpc) is 2.66. The van der Waals surface area contributed by atoms with E-state index in [0.717, 1.165) is 31.8 Å². The molecule has 0 aliphatic carbocycles. The van der Waals surface area contributed by atoms with Gasteiger partial charge in [-0.15, -0.1) is 0 Å². The monoisotopic (exact) mass is 252 g/mol. The number of hydrogen-bond donors (Lipinski definition) is 1. The summed E-state index contributed by atoms with van der Waals surface area (Å²) >= 11 is 0. The van der Waals surface area contributed by atoms with Crippen LogP contribution >= 0.6 is 0 Å². The molecule has 6 heteroatoms. The molecule has 1 aliphatic heterocycles. The number of hydrogen-bond acceptors (Lipinski definition) is 5. The Labute approximate surface area is 105 Å². The highest BCUT2D eigenvalue weighted by Crippen LogP contribution is 2.26. The smallest absolute Gasteiger partial charge is 0.269 e. The number of non-ortho nitro benzene ring substituents is 1. The van der Waals surface area contributed by atoms with Crippen molar-refractivity contribution in [2.45, 2.75) is 13.0 Å². The third-order valence-electron chi connectivity index (χ3n) is 3.01. The van der Waals surface area contributed by atoms with Gasteiger partial charge in [-0.3, -0.25) is 10.1 Å². The van der Waals surface area contributed by atoms with Crippen LogP contribution in [0.4, 0.5) is 11.4 Å². The highest BCUT2D eigenvalue weighted by molar-refractivity contribution is 5.57. The highest BCUT2D eigenvalue weighted by atomic mass is 16.6. The molecule has 1 fully saturated rings. The number of anilines is 1. The van der Waals surface area contributed by atoms with E-state index in [-0.39, 0.29) is 12.3 Å². The molecule has 2 rings (SSSR count). The molecule has 18 heavy (non-hydrogen) atoms. The predicted octanol–water partition coefficient (Wildman–Crippen LogP) is 1.31. The molecular formula is C12H16N2O4. The molecule has 0 atom stereocenters. The van der Waals surface area contributed by atoms with E-state index in [0.29, 0.717) is 12.2 Å². The number of ether oxygens (including phenoxy) is 1. The summed E-state index contributed by atoms with van der Waals surface area (Å²) in [5, 5.41) is 20.0. The summed E-state index contributed by atoms with van der Waals surface area (Å²) in [7, 11) is 0. The Kier molecular flexibility index (Phi) is 4.11. The maximum absolute atomic E-state index is 10.7. The fourth-order valence-electron chi connectivity index (χ4n) is 2.11. The highest BCUT2D eigenvalue weighted by Gasteiger charge is 2.16. The molecule has 1 aliphatic rings. The van der Waals surface area contributed by atoms with Gasteiger partial charge in [0.2, 0.25) is 0 Å². The van der Waals surface area contributed by atoms with E-state index in [2.05, 4.69) is 4.90 Å². The van der Waals surface area contributed by atoms with E-state index in [1.165, 1.54) is 12.1 Å². The summed E-state index contributed by atoms with van der Waals surface area (Å²) in [6.07, 6.45) is 0.919. The lowest BCUT2D eigenvalue weighted by molar-refractivity contribution is -0.384. The van der Waals surface area contributed by atoms with Crippen molar-refractivity contribution in [1.29, 1.82) is 0 Å². The Bertz CT molecular complexity index is 428. The Morgan fingerprint density at radius 1 is 1.39 bits per heavy atom. The summed E-state index contributed by atoms with van der Waals surface area (Å²) in [5.74, 6) is 0. The molecule has 0 unspecified atom stereocenters. The van der Waals surface area contributed by atoms with Gasteiger partial charge in [0.05, 0.1) is 18.1 Å². The zero-order chi connectivity index (χ0) is 13.0. The number of rotatable bonds is 3. The average molecular weight is 252 g/mol. The first-order chi connectivity index (χ1) is 8.72. The molecule has 1 aromatic rings. The van der Waals surface area contributed by atoms with Crippen LogP contribution in [0, 0.1) is 10.1 Å². The fraction of sp³-hybridized carbons (Fsp3) is 0.500. The van der Waals surface area contributed by atoms with Gasteiger partial charge in [-0.2, -0.15) is 0 Å². The second kappa shape index (κ2) is 5.79. The first-order valence-electron chi connectivity index (χ1n) is 5.93. The lowest BCUT2D eigenvalue weighted by Crippen LogP contribution is -2.27. The minimum atomic E-state index is -0.450. The van der Waals surface area contributed by atoms with Crippen LogP contribution in [0.5, 0.6) is 0 Å². The first kappa shape index (κ1) is 12.8. The number of nitro benzene ring substituents is 1. The quantitative estimate of drug-likeness (QED) is 0.648. The number of aliphatic hydroxyl groups is 1. The molecular weight excluding hydrogens is 236 g/mol. The van der Waals surface area contributed by atoms with Crippen LogP contribution in [-0.4, -0.2) is 36.3 Å². The van der Waals surface area contributed by atoms with E-state index in [1.807, 2.05) is 0 Å². The van der Waals surface area contributed by atoms with Gasteiger partial charge in [-0.05, 0) is 12.5 Å². The van der Waals surface area contributed by atoms with Gasteiger partial charge in [0.25, 0.3) is 5.69 Å². The van der Waals surface area contributed by atoms with Crippen LogP contribution in [0.1, 0.15) is 12.0 Å². The third-order valence-corrected chi connectivity index (χ3v) is 3.01. The van der Waals surface area contributed by atoms with Crippen LogP contribution in [-0.2, 0) is 11.3 Å². The third kappa shape index (κ3) is 2.77. The standard InChI is InChI=1S/C12H16N2O4/c15-9-10-8-11(14(16)17)2-3-12(10)13-4-1-6-18-7-5-13/h2-3,8,15H,1,4-7,9H2. The van der Waals surface area contributed by atoms with Crippen molar-refractivity contribution in [3.63, 3.8) is 0 Å². The van der Waals surface area contributed by atoms with Crippen molar-refractivity contribution < 1.29 is 14.8 Å². The van der Waals surface area contributed by atoms with E-state index >= 15 is 0 Å². The number of benzene rings is 1. The normalized spacial score (nSPS) is 16.4. The van der Waals surface area contributed by atoms with Crippen molar-refractivity contribution >= 4 is 11.4 Å². The van der Waals surface area contributed by atoms with Crippen LogP contribution in [0.25, 0.3) is 0 Å². The van der Waals surface area contributed by atoms with Gasteiger partial charge in [0.1, 0.15) is 0 Å². The Morgan fingerprint density at radius 2 is 2.22 bits per heavy atom. The molecule has 0 radical (unpaired) electrons. The van der Waals surface area contributed by atoms with Crippen molar-refractivity contribution in [3.8, 4) is 0 Å². The SMILES string of the molecule is O=[N+]([O-])c1ccc(N2CCCOCC2)c(CO)c1. The molecule has 0 spiro atoms. The number of nitrogens with zero attached hydrogens (tertiary/aromatic N) is 2. The number of nitro groups is 1. The molecule has 6 nitrogen and oxygen atoms in total. The van der Waals surface area contributed by atoms with Crippen molar-refractivity contribution in [3.05, 3.63) is 33.9 Å². The molecule has 1 saturated heterocycles. The zero-order valence-electron chi connectivity index (χ0n) is 10.0. The Morgan fingerprint density at radius 3 is 2.94 bits per heavy atom. The summed E-state index contributed by atoms with van der Waals surface area (Å²) in [6.45, 7) is 2.75. The first-order valence-corrected chi connectivity index (χ1v) is 5.93. The summed E-state index contributed by atoms with van der Waals surface area (Å²) in [4.78, 5) is 12.4. The summed E-state index contributed by atoms with van der Waals surface area (Å²) in [5.41, 5.74) is 1.45. The second-order valence-electron chi connectivity index (χ2n) is 4.18. The molecule has 98 valence electrons. The summed E-state index contributed by atoms with van der Waals surface area (Å²) in [6, 6.07) is 4.61.